The zero-order chi connectivity index (χ0) is 20.0. The van der Waals surface area contributed by atoms with Gasteiger partial charge < -0.3 is 40.8 Å². The molecule has 2 aromatic carbocycles. The second kappa shape index (κ2) is 6.53. The number of likely N-dealkylation sites (N-methyl/N-ethyl adjacent to an activating group) is 1. The maximum atomic E-state index is 13.4. The highest BCUT2D eigenvalue weighted by Crippen LogP contribution is 2.52. The minimum absolute atomic E-state index is 0. The van der Waals surface area contributed by atoms with Crippen LogP contribution in [0.2, 0.25) is 0 Å². The molecule has 6 rings (SSSR count). The normalized spacial score (nSPS) is 33.1. The van der Waals surface area contributed by atoms with Crippen molar-refractivity contribution in [1.29, 1.82) is 0 Å². The van der Waals surface area contributed by atoms with Crippen molar-refractivity contribution in [2.75, 3.05) is 14.1 Å². The average molecular weight is 474 g/mol. The number of piperidine rings is 1. The van der Waals surface area contributed by atoms with Crippen LogP contribution in [-0.4, -0.2) is 60.0 Å². The van der Waals surface area contributed by atoms with E-state index < -0.39 is 11.6 Å². The smallest absolute Gasteiger partial charge is 0.348 e. The summed E-state index contributed by atoms with van der Waals surface area (Å²) < 4.78 is 18.6. The summed E-state index contributed by atoms with van der Waals surface area (Å²) in [5.41, 5.74) is -1.04. The van der Waals surface area contributed by atoms with Crippen LogP contribution in [0, 0.1) is 0 Å². The number of carbonyl (C=O) groups excluding carboxylic acids is 1. The van der Waals surface area contributed by atoms with Crippen molar-refractivity contribution in [3.63, 3.8) is 0 Å². The van der Waals surface area contributed by atoms with Gasteiger partial charge in [0.2, 0.25) is 5.60 Å². The number of nitrogens with zero attached hydrogens (tertiary/aromatic N) is 1. The zero-order valence-corrected chi connectivity index (χ0v) is 18.4. The first-order valence-electron chi connectivity index (χ1n) is 10.2. The maximum Gasteiger partial charge on any atom is 0.348 e. The predicted octanol–water partition coefficient (Wildman–Crippen LogP) is -0.668. The molecular formula is C23H24BrNO5. The Balaban J connectivity index is 0.00000193. The summed E-state index contributed by atoms with van der Waals surface area (Å²) in [6, 6.07) is 14.9. The van der Waals surface area contributed by atoms with Gasteiger partial charge >= 0.3 is 5.97 Å². The highest BCUT2D eigenvalue weighted by atomic mass is 79.9. The fourth-order valence-electron chi connectivity index (χ4n) is 5.73. The van der Waals surface area contributed by atoms with Crippen LogP contribution >= 0.6 is 0 Å². The van der Waals surface area contributed by atoms with Crippen molar-refractivity contribution in [3.05, 3.63) is 59.7 Å². The van der Waals surface area contributed by atoms with Gasteiger partial charge in [-0.3, -0.25) is 0 Å². The number of aliphatic hydroxyl groups is 1. The van der Waals surface area contributed by atoms with Gasteiger partial charge in [-0.2, -0.15) is 0 Å². The monoisotopic (exact) mass is 473 g/mol. The number of quaternary nitrogens is 1. The van der Waals surface area contributed by atoms with Crippen LogP contribution in [-0.2, 0) is 19.9 Å². The molecule has 3 saturated heterocycles. The highest BCUT2D eigenvalue weighted by molar-refractivity contribution is 5.88. The van der Waals surface area contributed by atoms with Crippen LogP contribution in [0.5, 0.6) is 11.5 Å². The topological polar surface area (TPSA) is 68.3 Å². The van der Waals surface area contributed by atoms with E-state index in [1.165, 1.54) is 0 Å². The van der Waals surface area contributed by atoms with Crippen LogP contribution in [0.15, 0.2) is 48.5 Å². The standard InChI is InChI=1S/C23H24NO5.BrH/c1-24(2)16-11-13(12-17(24)21-20(16)29-21)27-22(25)23(26)14-7-3-5-9-18(14)28-19-10-6-4-8-15(19)23;/h3-10,13,16-17,20-21,26H,11-12H2,1-2H3;1H/q+1;/p-1. The molecule has 4 aliphatic rings. The summed E-state index contributed by atoms with van der Waals surface area (Å²) in [7, 11) is 4.47. The van der Waals surface area contributed by atoms with Gasteiger partial charge in [0.25, 0.3) is 0 Å². The van der Waals surface area contributed by atoms with Gasteiger partial charge in [0.05, 0.1) is 14.1 Å². The van der Waals surface area contributed by atoms with Crippen LogP contribution < -0.4 is 21.7 Å². The second-order valence-electron chi connectivity index (χ2n) is 9.13. The fourth-order valence-corrected chi connectivity index (χ4v) is 5.73. The van der Waals surface area contributed by atoms with Crippen molar-refractivity contribution in [1.82, 2.24) is 0 Å². The van der Waals surface area contributed by atoms with Crippen LogP contribution in [0.4, 0.5) is 0 Å². The lowest BCUT2D eigenvalue weighted by molar-refractivity contribution is -0.938. The molecule has 0 aromatic heterocycles. The number of morpholine rings is 1. The lowest BCUT2D eigenvalue weighted by Gasteiger charge is -2.45. The summed E-state index contributed by atoms with van der Waals surface area (Å²) in [4.78, 5) is 13.4. The van der Waals surface area contributed by atoms with Crippen LogP contribution in [0.3, 0.4) is 0 Å². The lowest BCUT2D eigenvalue weighted by atomic mass is 9.83. The van der Waals surface area contributed by atoms with E-state index in [4.69, 9.17) is 14.2 Å². The summed E-state index contributed by atoms with van der Waals surface area (Å²) in [6.07, 6.45) is 1.86. The average Bonchev–Trinajstić information content (AvgIpc) is 3.46. The third-order valence-corrected chi connectivity index (χ3v) is 7.38. The molecule has 7 heteroatoms. The minimum Gasteiger partial charge on any atom is -1.00 e. The van der Waals surface area contributed by atoms with Gasteiger partial charge in [0.1, 0.15) is 41.9 Å². The molecular weight excluding hydrogens is 450 g/mol. The molecule has 4 unspecified atom stereocenters. The molecule has 1 N–H and O–H groups in total. The molecule has 4 atom stereocenters. The quantitative estimate of drug-likeness (QED) is 0.356. The molecule has 0 aliphatic carbocycles. The number of carbonyl (C=O) groups is 1. The van der Waals surface area contributed by atoms with Gasteiger partial charge in [-0.15, -0.1) is 0 Å². The molecule has 0 amide bonds. The van der Waals surface area contributed by atoms with Crippen molar-refractivity contribution in [2.24, 2.45) is 0 Å². The Labute approximate surface area is 185 Å². The van der Waals surface area contributed by atoms with Gasteiger partial charge in [-0.25, -0.2) is 4.79 Å². The molecule has 2 bridgehead atoms. The van der Waals surface area contributed by atoms with E-state index in [1.807, 2.05) is 12.1 Å². The predicted molar refractivity (Wildman–Crippen MR) is 103 cm³/mol. The summed E-state index contributed by atoms with van der Waals surface area (Å²) in [5.74, 6) is 0.315. The van der Waals surface area contributed by atoms with Gasteiger partial charge in [0, 0.05) is 24.0 Å². The number of fused-ring (bicyclic) bond motifs is 7. The Morgan fingerprint density at radius 2 is 1.50 bits per heavy atom. The highest BCUT2D eigenvalue weighted by Gasteiger charge is 2.71. The molecule has 0 radical (unpaired) electrons. The van der Waals surface area contributed by atoms with Crippen molar-refractivity contribution in [3.8, 4) is 11.5 Å². The maximum absolute atomic E-state index is 13.4. The summed E-state index contributed by atoms with van der Waals surface area (Å²) in [5, 5.41) is 11.7. The van der Waals surface area contributed by atoms with Crippen LogP contribution in [0.25, 0.3) is 0 Å². The first-order chi connectivity index (χ1) is 13.9. The Morgan fingerprint density at radius 1 is 1.00 bits per heavy atom. The first-order valence-corrected chi connectivity index (χ1v) is 10.2. The zero-order valence-electron chi connectivity index (χ0n) is 16.8. The largest absolute Gasteiger partial charge is 1.00 e. The van der Waals surface area contributed by atoms with Gasteiger partial charge in [0.15, 0.2) is 0 Å². The molecule has 3 fully saturated rings. The number of hydrogen-bond donors (Lipinski definition) is 1. The van der Waals surface area contributed by atoms with Crippen molar-refractivity contribution >= 4 is 5.97 Å². The third kappa shape index (κ3) is 2.56. The van der Waals surface area contributed by atoms with Crippen molar-refractivity contribution in [2.45, 2.75) is 48.8 Å². The minimum atomic E-state index is -1.88. The summed E-state index contributed by atoms with van der Waals surface area (Å²) in [6.45, 7) is 0. The molecule has 30 heavy (non-hydrogen) atoms. The number of hydrogen-bond acceptors (Lipinski definition) is 5. The van der Waals surface area contributed by atoms with Crippen molar-refractivity contribution < 1.29 is 45.6 Å². The Kier molecular flexibility index (Phi) is 4.35. The molecule has 4 aliphatic heterocycles. The number of esters is 1. The Hall–Kier alpha value is -1.93. The number of epoxide rings is 1. The first kappa shape index (κ1) is 20.0. The summed E-state index contributed by atoms with van der Waals surface area (Å²) >= 11 is 0. The number of para-hydroxylation sites is 2. The van der Waals surface area contributed by atoms with E-state index in [1.54, 1.807) is 36.4 Å². The van der Waals surface area contributed by atoms with E-state index >= 15 is 0 Å². The van der Waals surface area contributed by atoms with E-state index in [2.05, 4.69) is 14.1 Å². The molecule has 4 heterocycles. The molecule has 0 spiro atoms. The number of ether oxygens (including phenoxy) is 3. The lowest BCUT2D eigenvalue weighted by Crippen LogP contribution is -3.00. The van der Waals surface area contributed by atoms with E-state index in [0.29, 0.717) is 34.7 Å². The van der Waals surface area contributed by atoms with E-state index in [9.17, 15) is 9.90 Å². The third-order valence-electron chi connectivity index (χ3n) is 7.38. The van der Waals surface area contributed by atoms with E-state index in [-0.39, 0.29) is 35.3 Å². The van der Waals surface area contributed by atoms with Gasteiger partial charge in [-0.05, 0) is 12.1 Å². The number of rotatable bonds is 2. The SMILES string of the molecule is C[N+]1(C)C2CC(OC(=O)C3(O)c4ccccc4Oc4ccccc43)CC1C1OC12.[Br-]. The number of halogens is 1. The van der Waals surface area contributed by atoms with Gasteiger partial charge in [-0.1, -0.05) is 36.4 Å². The fraction of sp³-hybridized carbons (Fsp3) is 0.435. The Morgan fingerprint density at radius 3 is 2.03 bits per heavy atom. The molecule has 158 valence electrons. The molecule has 2 aromatic rings. The van der Waals surface area contributed by atoms with E-state index in [0.717, 1.165) is 17.3 Å². The number of benzene rings is 2. The molecule has 0 saturated carbocycles. The second-order valence-corrected chi connectivity index (χ2v) is 9.13. The van der Waals surface area contributed by atoms with Crippen LogP contribution in [0.1, 0.15) is 24.0 Å². The molecule has 6 nitrogen and oxygen atoms in total. The Bertz CT molecular complexity index is 959.